The maximum Gasteiger partial charge on any atom is 0.356 e. The maximum atomic E-state index is 13.8. The van der Waals surface area contributed by atoms with Gasteiger partial charge in [0, 0.05) is 11.8 Å². The molecule has 9 heteroatoms. The van der Waals surface area contributed by atoms with Crippen LogP contribution in [0.3, 0.4) is 0 Å². The van der Waals surface area contributed by atoms with E-state index in [-0.39, 0.29) is 5.69 Å². The fourth-order valence-electron chi connectivity index (χ4n) is 1.71. The van der Waals surface area contributed by atoms with Gasteiger partial charge in [-0.2, -0.15) is 5.10 Å². The van der Waals surface area contributed by atoms with Gasteiger partial charge in [-0.3, -0.25) is 10.1 Å². The highest BCUT2D eigenvalue weighted by Crippen LogP contribution is 2.28. The minimum Gasteiger partial charge on any atom is -0.476 e. The monoisotopic (exact) mass is 283 g/mol. The van der Waals surface area contributed by atoms with Crippen LogP contribution in [0.4, 0.5) is 14.5 Å². The molecule has 0 aliphatic rings. The zero-order chi connectivity index (χ0) is 15.0. The van der Waals surface area contributed by atoms with Gasteiger partial charge in [0.2, 0.25) is 0 Å². The average Bonchev–Trinajstić information content (AvgIpc) is 2.70. The van der Waals surface area contributed by atoms with E-state index in [1.165, 1.54) is 6.92 Å². The lowest BCUT2D eigenvalue weighted by Crippen LogP contribution is -2.08. The molecule has 2 aromatic rings. The Balaban J connectivity index is 2.75. The summed E-state index contributed by atoms with van der Waals surface area (Å²) >= 11 is 0. The molecule has 1 aromatic carbocycles. The minimum absolute atomic E-state index is 0.163. The number of benzene rings is 1. The van der Waals surface area contributed by atoms with Gasteiger partial charge in [0.25, 0.3) is 0 Å². The van der Waals surface area contributed by atoms with E-state index >= 15 is 0 Å². The molecule has 1 aromatic heterocycles. The molecule has 0 amide bonds. The lowest BCUT2D eigenvalue weighted by molar-refractivity contribution is -0.385. The summed E-state index contributed by atoms with van der Waals surface area (Å²) in [6.45, 7) is 1.39. The van der Waals surface area contributed by atoms with Crippen LogP contribution in [0, 0.1) is 28.7 Å². The molecule has 20 heavy (non-hydrogen) atoms. The number of aromatic carboxylic acids is 1. The Hall–Kier alpha value is -2.84. The van der Waals surface area contributed by atoms with Gasteiger partial charge in [0.05, 0.1) is 11.0 Å². The molecule has 1 heterocycles. The molecule has 0 aliphatic heterocycles. The standard InChI is InChI=1S/C11H7F2N3O4/c1-5-2-8(11(17)18)14-15(5)10-7(13)3-6(12)4-9(10)16(19)20/h2-4H,1H3,(H,17,18). The highest BCUT2D eigenvalue weighted by atomic mass is 19.1. The number of halogens is 2. The number of aromatic nitrogens is 2. The number of nitro groups is 1. The van der Waals surface area contributed by atoms with Crippen molar-refractivity contribution in [1.82, 2.24) is 9.78 Å². The Kier molecular flexibility index (Phi) is 3.18. The third-order valence-corrected chi connectivity index (χ3v) is 2.52. The van der Waals surface area contributed by atoms with E-state index in [4.69, 9.17) is 5.11 Å². The number of hydrogen-bond donors (Lipinski definition) is 1. The van der Waals surface area contributed by atoms with Gasteiger partial charge in [-0.15, -0.1) is 0 Å². The number of nitro benzene ring substituents is 1. The summed E-state index contributed by atoms with van der Waals surface area (Å²) < 4.78 is 27.6. The largest absolute Gasteiger partial charge is 0.476 e. The number of aryl methyl sites for hydroxylation is 1. The zero-order valence-electron chi connectivity index (χ0n) is 10.0. The molecule has 0 atom stereocenters. The van der Waals surface area contributed by atoms with E-state index < -0.39 is 39.6 Å². The van der Waals surface area contributed by atoms with Crippen LogP contribution in [0.25, 0.3) is 5.69 Å². The van der Waals surface area contributed by atoms with E-state index in [1.807, 2.05) is 0 Å². The van der Waals surface area contributed by atoms with Crippen molar-refractivity contribution in [1.29, 1.82) is 0 Å². The lowest BCUT2D eigenvalue weighted by Gasteiger charge is -2.06. The average molecular weight is 283 g/mol. The van der Waals surface area contributed by atoms with Crippen molar-refractivity contribution in [2.75, 3.05) is 0 Å². The number of hydrogen-bond acceptors (Lipinski definition) is 4. The van der Waals surface area contributed by atoms with E-state index in [1.54, 1.807) is 0 Å². The molecule has 104 valence electrons. The molecule has 0 aliphatic carbocycles. The Labute approximate surface area is 110 Å². The Bertz CT molecular complexity index is 727. The van der Waals surface area contributed by atoms with Gasteiger partial charge >= 0.3 is 11.7 Å². The Morgan fingerprint density at radius 1 is 1.40 bits per heavy atom. The van der Waals surface area contributed by atoms with Crippen LogP contribution in [0.15, 0.2) is 18.2 Å². The fourth-order valence-corrected chi connectivity index (χ4v) is 1.71. The lowest BCUT2D eigenvalue weighted by atomic mass is 10.2. The molecule has 0 radical (unpaired) electrons. The Morgan fingerprint density at radius 3 is 2.55 bits per heavy atom. The molecular weight excluding hydrogens is 276 g/mol. The van der Waals surface area contributed by atoms with E-state index in [2.05, 4.69) is 5.10 Å². The van der Waals surface area contributed by atoms with Crippen LogP contribution < -0.4 is 0 Å². The predicted molar refractivity (Wildman–Crippen MR) is 61.8 cm³/mol. The molecule has 0 fully saturated rings. The first kappa shape index (κ1) is 13.6. The second kappa shape index (κ2) is 4.68. The molecule has 0 spiro atoms. The van der Waals surface area contributed by atoms with Gasteiger partial charge in [0.1, 0.15) is 5.82 Å². The maximum absolute atomic E-state index is 13.8. The second-order valence-corrected chi connectivity index (χ2v) is 3.90. The summed E-state index contributed by atoms with van der Waals surface area (Å²) in [5, 5.41) is 23.2. The van der Waals surface area contributed by atoms with Crippen LogP contribution in [0.2, 0.25) is 0 Å². The van der Waals surface area contributed by atoms with E-state index in [9.17, 15) is 23.7 Å². The third-order valence-electron chi connectivity index (χ3n) is 2.52. The fraction of sp³-hybridized carbons (Fsp3) is 0.0909. The number of carboxylic acids is 1. The Morgan fingerprint density at radius 2 is 2.05 bits per heavy atom. The summed E-state index contributed by atoms with van der Waals surface area (Å²) in [5.41, 5.74) is -1.69. The summed E-state index contributed by atoms with van der Waals surface area (Å²) in [7, 11) is 0. The molecule has 1 N–H and O–H groups in total. The number of rotatable bonds is 3. The summed E-state index contributed by atoms with van der Waals surface area (Å²) in [5.74, 6) is -3.68. The SMILES string of the molecule is Cc1cc(C(=O)O)nn1-c1c(F)cc(F)cc1[N+](=O)[O-]. The smallest absolute Gasteiger partial charge is 0.356 e. The van der Waals surface area contributed by atoms with Gasteiger partial charge in [-0.05, 0) is 13.0 Å². The first-order chi connectivity index (χ1) is 9.31. The van der Waals surface area contributed by atoms with Crippen molar-refractivity contribution < 1.29 is 23.6 Å². The topological polar surface area (TPSA) is 98.3 Å². The molecule has 0 bridgehead atoms. The number of carbonyl (C=O) groups is 1. The molecule has 7 nitrogen and oxygen atoms in total. The van der Waals surface area contributed by atoms with Crippen molar-refractivity contribution in [2.24, 2.45) is 0 Å². The number of carboxylic acid groups (broad SMARTS) is 1. The van der Waals surface area contributed by atoms with Gasteiger partial charge in [0.15, 0.2) is 17.2 Å². The normalized spacial score (nSPS) is 10.6. The van der Waals surface area contributed by atoms with Gasteiger partial charge in [-0.25, -0.2) is 18.3 Å². The molecule has 0 saturated heterocycles. The predicted octanol–water partition coefficient (Wildman–Crippen LogP) is 2.07. The minimum atomic E-state index is -1.36. The summed E-state index contributed by atoms with van der Waals surface area (Å²) in [6, 6.07) is 2.12. The van der Waals surface area contributed by atoms with E-state index in [0.717, 1.165) is 10.7 Å². The second-order valence-electron chi connectivity index (χ2n) is 3.90. The van der Waals surface area contributed by atoms with Crippen molar-refractivity contribution >= 4 is 11.7 Å². The molecular formula is C11H7F2N3O4. The van der Waals surface area contributed by atoms with Crippen LogP contribution in [0.5, 0.6) is 0 Å². The third kappa shape index (κ3) is 2.20. The molecule has 2 rings (SSSR count). The highest BCUT2D eigenvalue weighted by molar-refractivity contribution is 5.85. The zero-order valence-corrected chi connectivity index (χ0v) is 10.0. The van der Waals surface area contributed by atoms with Gasteiger partial charge < -0.3 is 5.11 Å². The molecule has 0 unspecified atom stereocenters. The van der Waals surface area contributed by atoms with Gasteiger partial charge in [-0.1, -0.05) is 0 Å². The van der Waals surface area contributed by atoms with Crippen LogP contribution >= 0.6 is 0 Å². The molecule has 0 saturated carbocycles. The van der Waals surface area contributed by atoms with Crippen LogP contribution in [-0.4, -0.2) is 25.8 Å². The van der Waals surface area contributed by atoms with Crippen molar-refractivity contribution in [2.45, 2.75) is 6.92 Å². The van der Waals surface area contributed by atoms with Crippen molar-refractivity contribution in [3.63, 3.8) is 0 Å². The quantitative estimate of drug-likeness (QED) is 0.686. The number of nitrogens with zero attached hydrogens (tertiary/aromatic N) is 3. The first-order valence-corrected chi connectivity index (χ1v) is 5.25. The highest BCUT2D eigenvalue weighted by Gasteiger charge is 2.25. The van der Waals surface area contributed by atoms with Crippen LogP contribution in [-0.2, 0) is 0 Å². The first-order valence-electron chi connectivity index (χ1n) is 5.25. The van der Waals surface area contributed by atoms with Crippen LogP contribution in [0.1, 0.15) is 16.2 Å². The summed E-state index contributed by atoms with van der Waals surface area (Å²) in [6.07, 6.45) is 0. The van der Waals surface area contributed by atoms with Crippen molar-refractivity contribution in [3.05, 3.63) is 51.3 Å². The van der Waals surface area contributed by atoms with E-state index in [0.29, 0.717) is 12.1 Å². The summed E-state index contributed by atoms with van der Waals surface area (Å²) in [4.78, 5) is 20.7. The van der Waals surface area contributed by atoms with Crippen molar-refractivity contribution in [3.8, 4) is 5.69 Å².